The van der Waals surface area contributed by atoms with Crippen molar-refractivity contribution in [2.75, 3.05) is 20.6 Å². The lowest BCUT2D eigenvalue weighted by Gasteiger charge is -2.24. The fourth-order valence-electron chi connectivity index (χ4n) is 1.67. The highest BCUT2D eigenvalue weighted by atomic mass is 79.9. The molecular formula is C12H21BrN2S. The largest absolute Gasteiger partial charge is 0.320 e. The normalized spacial score (nSPS) is 13.3. The van der Waals surface area contributed by atoms with E-state index >= 15 is 0 Å². The van der Waals surface area contributed by atoms with Crippen LogP contribution in [-0.4, -0.2) is 31.6 Å². The van der Waals surface area contributed by atoms with Crippen LogP contribution in [0.5, 0.6) is 0 Å². The van der Waals surface area contributed by atoms with E-state index in [0.717, 1.165) is 13.1 Å². The van der Waals surface area contributed by atoms with Crippen LogP contribution in [0.4, 0.5) is 0 Å². The smallest absolute Gasteiger partial charge is 0.0701 e. The van der Waals surface area contributed by atoms with Gasteiger partial charge in [0.1, 0.15) is 0 Å². The highest BCUT2D eigenvalue weighted by molar-refractivity contribution is 9.11. The minimum atomic E-state index is 0.645. The van der Waals surface area contributed by atoms with Crippen molar-refractivity contribution in [3.05, 3.63) is 20.8 Å². The minimum Gasteiger partial charge on any atom is -0.320 e. The quantitative estimate of drug-likeness (QED) is 0.777. The average molecular weight is 305 g/mol. The standard InChI is InChI=1S/C12H21BrN2S/c1-10(5-4-6-14-2)15(3)8-11-7-12(13)16-9-11/h7,9-10,14H,4-6,8H2,1-3H3. The number of rotatable bonds is 7. The first-order valence-electron chi connectivity index (χ1n) is 5.71. The summed E-state index contributed by atoms with van der Waals surface area (Å²) in [6.45, 7) is 4.46. The molecule has 1 aromatic rings. The lowest BCUT2D eigenvalue weighted by Crippen LogP contribution is -2.29. The van der Waals surface area contributed by atoms with Crippen molar-refractivity contribution in [3.8, 4) is 0 Å². The van der Waals surface area contributed by atoms with Crippen LogP contribution >= 0.6 is 27.3 Å². The molecule has 92 valence electrons. The molecule has 4 heteroatoms. The lowest BCUT2D eigenvalue weighted by molar-refractivity contribution is 0.235. The van der Waals surface area contributed by atoms with Crippen LogP contribution < -0.4 is 5.32 Å². The van der Waals surface area contributed by atoms with Gasteiger partial charge in [0.2, 0.25) is 0 Å². The summed E-state index contributed by atoms with van der Waals surface area (Å²) in [5.74, 6) is 0. The van der Waals surface area contributed by atoms with Crippen molar-refractivity contribution in [1.82, 2.24) is 10.2 Å². The van der Waals surface area contributed by atoms with Gasteiger partial charge in [-0.25, -0.2) is 0 Å². The van der Waals surface area contributed by atoms with E-state index in [1.165, 1.54) is 22.2 Å². The summed E-state index contributed by atoms with van der Waals surface area (Å²) in [5, 5.41) is 5.42. The third kappa shape index (κ3) is 4.95. The molecule has 0 aliphatic rings. The Morgan fingerprint density at radius 2 is 2.31 bits per heavy atom. The Kier molecular flexibility index (Phi) is 6.58. The number of hydrogen-bond acceptors (Lipinski definition) is 3. The van der Waals surface area contributed by atoms with E-state index in [4.69, 9.17) is 0 Å². The second-order valence-corrected chi connectivity index (χ2v) is 6.56. The van der Waals surface area contributed by atoms with Gasteiger partial charge in [0.05, 0.1) is 3.79 Å². The van der Waals surface area contributed by atoms with Crippen LogP contribution in [0.2, 0.25) is 0 Å². The Balaban J connectivity index is 2.30. The van der Waals surface area contributed by atoms with Gasteiger partial charge in [0, 0.05) is 12.6 Å². The van der Waals surface area contributed by atoms with Crippen LogP contribution in [0.3, 0.4) is 0 Å². The molecule has 16 heavy (non-hydrogen) atoms. The van der Waals surface area contributed by atoms with Gasteiger partial charge in [0.25, 0.3) is 0 Å². The Morgan fingerprint density at radius 1 is 1.56 bits per heavy atom. The molecule has 0 saturated carbocycles. The van der Waals surface area contributed by atoms with Gasteiger partial charge >= 0.3 is 0 Å². The first kappa shape index (κ1) is 14.2. The molecule has 1 rings (SSSR count). The second-order valence-electron chi connectivity index (χ2n) is 4.27. The molecule has 0 saturated heterocycles. The maximum Gasteiger partial charge on any atom is 0.0701 e. The van der Waals surface area contributed by atoms with Gasteiger partial charge in [-0.2, -0.15) is 0 Å². The van der Waals surface area contributed by atoms with Crippen molar-refractivity contribution in [2.24, 2.45) is 0 Å². The van der Waals surface area contributed by atoms with Crippen LogP contribution in [0.1, 0.15) is 25.3 Å². The van der Waals surface area contributed by atoms with E-state index in [9.17, 15) is 0 Å². The van der Waals surface area contributed by atoms with Gasteiger partial charge in [-0.05, 0) is 73.3 Å². The molecule has 0 spiro atoms. The van der Waals surface area contributed by atoms with Crippen molar-refractivity contribution in [2.45, 2.75) is 32.4 Å². The SMILES string of the molecule is CNCCCC(C)N(C)Cc1csc(Br)c1. The molecule has 1 atom stereocenters. The van der Waals surface area contributed by atoms with E-state index in [1.54, 1.807) is 11.3 Å². The summed E-state index contributed by atoms with van der Waals surface area (Å²) >= 11 is 5.26. The van der Waals surface area contributed by atoms with Crippen LogP contribution in [0, 0.1) is 0 Å². The summed E-state index contributed by atoms with van der Waals surface area (Å²) in [7, 11) is 4.22. The monoisotopic (exact) mass is 304 g/mol. The molecule has 0 bridgehead atoms. The molecule has 1 N–H and O–H groups in total. The average Bonchev–Trinajstić information content (AvgIpc) is 2.64. The Labute approximate surface area is 111 Å². The summed E-state index contributed by atoms with van der Waals surface area (Å²) in [6.07, 6.45) is 2.50. The molecule has 0 aliphatic carbocycles. The lowest BCUT2D eigenvalue weighted by atomic mass is 10.1. The predicted octanol–water partition coefficient (Wildman–Crippen LogP) is 3.33. The molecule has 0 aromatic carbocycles. The first-order chi connectivity index (χ1) is 7.63. The summed E-state index contributed by atoms with van der Waals surface area (Å²) in [4.78, 5) is 2.42. The van der Waals surface area contributed by atoms with Crippen molar-refractivity contribution in [1.29, 1.82) is 0 Å². The van der Waals surface area contributed by atoms with Crippen LogP contribution in [-0.2, 0) is 6.54 Å². The van der Waals surface area contributed by atoms with Gasteiger partial charge in [-0.3, -0.25) is 4.90 Å². The summed E-state index contributed by atoms with van der Waals surface area (Å²) < 4.78 is 1.22. The highest BCUT2D eigenvalue weighted by Crippen LogP contribution is 2.22. The number of thiophene rings is 1. The van der Waals surface area contributed by atoms with Gasteiger partial charge < -0.3 is 5.32 Å². The topological polar surface area (TPSA) is 15.3 Å². The number of hydrogen-bond donors (Lipinski definition) is 1. The van der Waals surface area contributed by atoms with Gasteiger partial charge in [0.15, 0.2) is 0 Å². The molecular weight excluding hydrogens is 284 g/mol. The van der Waals surface area contributed by atoms with E-state index < -0.39 is 0 Å². The van der Waals surface area contributed by atoms with Crippen molar-refractivity contribution < 1.29 is 0 Å². The Bertz CT molecular complexity index is 301. The zero-order valence-electron chi connectivity index (χ0n) is 10.3. The highest BCUT2D eigenvalue weighted by Gasteiger charge is 2.09. The molecule has 0 amide bonds. The predicted molar refractivity (Wildman–Crippen MR) is 76.1 cm³/mol. The molecule has 0 fully saturated rings. The molecule has 0 aliphatic heterocycles. The molecule has 1 unspecified atom stereocenters. The first-order valence-corrected chi connectivity index (χ1v) is 7.38. The maximum atomic E-state index is 3.50. The van der Waals surface area contributed by atoms with E-state index in [0.29, 0.717) is 6.04 Å². The fraction of sp³-hybridized carbons (Fsp3) is 0.667. The Hall–Kier alpha value is 0.100. The van der Waals surface area contributed by atoms with Crippen LogP contribution in [0.25, 0.3) is 0 Å². The molecule has 0 radical (unpaired) electrons. The van der Waals surface area contributed by atoms with Crippen molar-refractivity contribution >= 4 is 27.3 Å². The van der Waals surface area contributed by atoms with Gasteiger partial charge in [-0.1, -0.05) is 0 Å². The molecule has 1 aromatic heterocycles. The zero-order valence-corrected chi connectivity index (χ0v) is 12.7. The van der Waals surface area contributed by atoms with Crippen LogP contribution in [0.15, 0.2) is 15.2 Å². The second kappa shape index (κ2) is 7.43. The van der Waals surface area contributed by atoms with Crippen molar-refractivity contribution in [3.63, 3.8) is 0 Å². The van der Waals surface area contributed by atoms with E-state index in [1.807, 2.05) is 7.05 Å². The third-order valence-corrected chi connectivity index (χ3v) is 4.41. The third-order valence-electron chi connectivity index (χ3n) is 2.85. The molecule has 1 heterocycles. The Morgan fingerprint density at radius 3 is 2.88 bits per heavy atom. The number of halogens is 1. The summed E-state index contributed by atoms with van der Waals surface area (Å²) in [6, 6.07) is 2.86. The minimum absolute atomic E-state index is 0.645. The summed E-state index contributed by atoms with van der Waals surface area (Å²) in [5.41, 5.74) is 1.40. The maximum absolute atomic E-state index is 3.50. The van der Waals surface area contributed by atoms with E-state index in [-0.39, 0.29) is 0 Å². The van der Waals surface area contributed by atoms with E-state index in [2.05, 4.69) is 51.6 Å². The number of nitrogens with one attached hydrogen (secondary N) is 1. The molecule has 2 nitrogen and oxygen atoms in total. The van der Waals surface area contributed by atoms with Gasteiger partial charge in [-0.15, -0.1) is 11.3 Å². The zero-order chi connectivity index (χ0) is 12.0. The fourth-order valence-corrected chi connectivity index (χ4v) is 2.87. The number of nitrogens with zero attached hydrogens (tertiary/aromatic N) is 1.